The molecule has 7 aromatic rings. The topological polar surface area (TPSA) is 6.48 Å². The van der Waals surface area contributed by atoms with Gasteiger partial charge in [0.1, 0.15) is 0 Å². The van der Waals surface area contributed by atoms with Crippen LogP contribution in [0.3, 0.4) is 0 Å². The number of benzene rings is 7. The van der Waals surface area contributed by atoms with Gasteiger partial charge in [-0.15, -0.1) is 0 Å². The van der Waals surface area contributed by atoms with Crippen molar-refractivity contribution in [1.29, 1.82) is 0 Å². The van der Waals surface area contributed by atoms with E-state index in [4.69, 9.17) is 0 Å². The van der Waals surface area contributed by atoms with E-state index in [1.807, 2.05) is 0 Å². The zero-order valence-corrected chi connectivity index (χ0v) is 29.8. The highest BCUT2D eigenvalue weighted by Gasteiger charge is 2.35. The van der Waals surface area contributed by atoms with E-state index in [1.165, 1.54) is 44.5 Å². The minimum Gasteiger partial charge on any atom is -0.311 e. The second-order valence-corrected chi connectivity index (χ2v) is 14.1. The normalized spacial score (nSPS) is 16.2. The number of allylic oxidation sites excluding steroid dienone is 6. The van der Waals surface area contributed by atoms with E-state index >= 15 is 0 Å². The lowest BCUT2D eigenvalue weighted by Gasteiger charge is -2.37. The molecular weight excluding hydrogens is 653 g/mol. The Morgan fingerprint density at radius 2 is 0.796 bits per heavy atom. The predicted octanol–water partition coefficient (Wildman–Crippen LogP) is 14.1. The Labute approximate surface area is 317 Å². The van der Waals surface area contributed by atoms with Crippen molar-refractivity contribution in [2.24, 2.45) is 5.92 Å². The van der Waals surface area contributed by atoms with Crippen molar-refractivity contribution in [1.82, 2.24) is 0 Å². The molecule has 54 heavy (non-hydrogen) atoms. The summed E-state index contributed by atoms with van der Waals surface area (Å²) in [6.07, 6.45) is 14.2. The summed E-state index contributed by atoms with van der Waals surface area (Å²) in [4.78, 5) is 4.63. The second-order valence-electron chi connectivity index (χ2n) is 14.1. The molecule has 0 aliphatic heterocycles. The fourth-order valence-corrected chi connectivity index (χ4v) is 8.52. The highest BCUT2D eigenvalue weighted by atomic mass is 15.1. The third-order valence-corrected chi connectivity index (χ3v) is 11.0. The van der Waals surface area contributed by atoms with E-state index in [9.17, 15) is 0 Å². The maximum Gasteiger partial charge on any atom is 0.0462 e. The van der Waals surface area contributed by atoms with Crippen LogP contribution in [0.5, 0.6) is 0 Å². The molecule has 0 aromatic heterocycles. The molecular formula is C52H38N2. The Morgan fingerprint density at radius 3 is 1.30 bits per heavy atom. The van der Waals surface area contributed by atoms with Crippen molar-refractivity contribution in [3.05, 3.63) is 234 Å². The first-order chi connectivity index (χ1) is 26.8. The maximum absolute atomic E-state index is 2.41. The number of hydrogen-bond donors (Lipinski definition) is 0. The van der Waals surface area contributed by atoms with Crippen LogP contribution in [-0.2, 0) is 0 Å². The minimum atomic E-state index is 0.278. The van der Waals surface area contributed by atoms with Gasteiger partial charge in [0.05, 0.1) is 0 Å². The van der Waals surface area contributed by atoms with Crippen LogP contribution in [0.4, 0.5) is 34.1 Å². The summed E-state index contributed by atoms with van der Waals surface area (Å²) in [6, 6.07) is 65.2. The van der Waals surface area contributed by atoms with Crippen LogP contribution in [0.25, 0.3) is 28.9 Å². The van der Waals surface area contributed by atoms with Crippen molar-refractivity contribution in [3.8, 4) is 11.1 Å². The minimum absolute atomic E-state index is 0.278. The van der Waals surface area contributed by atoms with Crippen LogP contribution < -0.4 is 9.80 Å². The average molecular weight is 691 g/mol. The van der Waals surface area contributed by atoms with Crippen molar-refractivity contribution in [2.75, 3.05) is 9.80 Å². The zero-order chi connectivity index (χ0) is 35.8. The van der Waals surface area contributed by atoms with Crippen molar-refractivity contribution in [2.45, 2.75) is 5.92 Å². The molecule has 0 amide bonds. The number of hydrogen-bond acceptors (Lipinski definition) is 2. The molecule has 0 bridgehead atoms. The van der Waals surface area contributed by atoms with Gasteiger partial charge in [0.2, 0.25) is 0 Å². The molecule has 2 atom stereocenters. The summed E-state index contributed by atoms with van der Waals surface area (Å²) in [5, 5.41) is 0. The molecule has 3 aliphatic rings. The van der Waals surface area contributed by atoms with Gasteiger partial charge in [0, 0.05) is 46.0 Å². The molecule has 7 aromatic carbocycles. The van der Waals surface area contributed by atoms with E-state index in [2.05, 4.69) is 228 Å². The van der Waals surface area contributed by atoms with E-state index < -0.39 is 0 Å². The quantitative estimate of drug-likeness (QED) is 0.157. The molecule has 0 heterocycles. The Bertz CT molecular complexity index is 2490. The number of para-hydroxylation sites is 4. The van der Waals surface area contributed by atoms with E-state index in [0.717, 1.165) is 34.1 Å². The van der Waals surface area contributed by atoms with Gasteiger partial charge in [-0.25, -0.2) is 0 Å². The molecule has 0 spiro atoms. The predicted molar refractivity (Wildman–Crippen MR) is 228 cm³/mol. The molecule has 0 saturated carbocycles. The molecule has 0 fully saturated rings. The molecule has 10 rings (SSSR count). The third-order valence-electron chi connectivity index (χ3n) is 11.0. The smallest absolute Gasteiger partial charge is 0.0462 e. The zero-order valence-electron chi connectivity index (χ0n) is 29.8. The van der Waals surface area contributed by atoms with Crippen LogP contribution in [0.15, 0.2) is 212 Å². The van der Waals surface area contributed by atoms with Gasteiger partial charge in [0.15, 0.2) is 0 Å². The average Bonchev–Trinajstić information content (AvgIpc) is 3.25. The largest absolute Gasteiger partial charge is 0.311 e. The van der Waals surface area contributed by atoms with Gasteiger partial charge in [0.25, 0.3) is 0 Å². The standard InChI is InChI=1S/C52H38N2/c1-5-13-41(14-6-1)53(42-15-7-2-8-16-42)45-29-21-37(22-30-45)47-33-25-39-28-36-50-48(34-26-40-27-35-49(47)51(39)52(40)50)38-23-31-46(32-24-38)54(43-17-9-3-10-18-43)44-19-11-4-12-20-44/h1-36,39,51H. The van der Waals surface area contributed by atoms with E-state index in [-0.39, 0.29) is 5.92 Å². The molecule has 256 valence electrons. The van der Waals surface area contributed by atoms with Crippen LogP contribution in [0.1, 0.15) is 28.2 Å². The second kappa shape index (κ2) is 13.6. The SMILES string of the molecule is C1=CC2C=Cc3c(-c4ccc(N(c5ccccc5)c5ccccc5)cc4)ccc4c3C2C(=C1c1ccc(N(c2ccccc2)c2ccccc2)cc1)C=C4. The summed E-state index contributed by atoms with van der Waals surface area (Å²) in [7, 11) is 0. The molecule has 0 N–H and O–H groups in total. The molecule has 2 unspecified atom stereocenters. The Kier molecular flexibility index (Phi) is 8.00. The fourth-order valence-electron chi connectivity index (χ4n) is 8.52. The molecule has 2 heteroatoms. The molecule has 3 aliphatic carbocycles. The first kappa shape index (κ1) is 31.8. The van der Waals surface area contributed by atoms with E-state index in [1.54, 1.807) is 0 Å². The first-order valence-corrected chi connectivity index (χ1v) is 18.8. The highest BCUT2D eigenvalue weighted by molar-refractivity contribution is 5.91. The van der Waals surface area contributed by atoms with Gasteiger partial charge in [-0.05, 0) is 117 Å². The number of rotatable bonds is 8. The van der Waals surface area contributed by atoms with Crippen LogP contribution in [-0.4, -0.2) is 0 Å². The maximum atomic E-state index is 2.41. The summed E-state index contributed by atoms with van der Waals surface area (Å²) in [5.41, 5.74) is 17.4. The molecule has 0 radical (unpaired) electrons. The Balaban J connectivity index is 1.00. The lowest BCUT2D eigenvalue weighted by atomic mass is 9.66. The van der Waals surface area contributed by atoms with Crippen LogP contribution in [0, 0.1) is 5.92 Å². The van der Waals surface area contributed by atoms with Crippen molar-refractivity contribution in [3.63, 3.8) is 0 Å². The van der Waals surface area contributed by atoms with Crippen molar-refractivity contribution >= 4 is 51.8 Å². The summed E-state index contributed by atoms with van der Waals surface area (Å²) >= 11 is 0. The monoisotopic (exact) mass is 690 g/mol. The fraction of sp³-hybridized carbons (Fsp3) is 0.0385. The molecule has 0 saturated heterocycles. The molecule has 2 nitrogen and oxygen atoms in total. The van der Waals surface area contributed by atoms with Gasteiger partial charge in [-0.1, -0.05) is 146 Å². The van der Waals surface area contributed by atoms with Crippen LogP contribution >= 0.6 is 0 Å². The van der Waals surface area contributed by atoms with Gasteiger partial charge in [-0.2, -0.15) is 0 Å². The summed E-state index contributed by atoms with van der Waals surface area (Å²) < 4.78 is 0. The van der Waals surface area contributed by atoms with E-state index in [0.29, 0.717) is 5.92 Å². The summed E-state index contributed by atoms with van der Waals surface area (Å²) in [6.45, 7) is 0. The van der Waals surface area contributed by atoms with Crippen LogP contribution in [0.2, 0.25) is 0 Å². The number of nitrogens with zero attached hydrogens (tertiary/aromatic N) is 2. The van der Waals surface area contributed by atoms with Crippen molar-refractivity contribution < 1.29 is 0 Å². The summed E-state index contributed by atoms with van der Waals surface area (Å²) in [5.74, 6) is 0.606. The highest BCUT2D eigenvalue weighted by Crippen LogP contribution is 2.52. The first-order valence-electron chi connectivity index (χ1n) is 18.8. The van der Waals surface area contributed by atoms with Gasteiger partial charge in [-0.3, -0.25) is 0 Å². The lowest BCUT2D eigenvalue weighted by Crippen LogP contribution is -2.22. The Hall–Kier alpha value is -6.90. The number of anilines is 6. The van der Waals surface area contributed by atoms with Gasteiger partial charge >= 0.3 is 0 Å². The van der Waals surface area contributed by atoms with Gasteiger partial charge < -0.3 is 9.80 Å². The Morgan fingerprint density at radius 1 is 0.352 bits per heavy atom. The third kappa shape index (κ3) is 5.60. The lowest BCUT2D eigenvalue weighted by molar-refractivity contribution is 0.668.